The molecule has 7 rings (SSSR count). The van der Waals surface area contributed by atoms with E-state index in [-0.39, 0.29) is 22.9 Å². The van der Waals surface area contributed by atoms with Gasteiger partial charge in [0, 0.05) is 41.3 Å². The molecule has 306 valence electrons. The van der Waals surface area contributed by atoms with Gasteiger partial charge in [-0.2, -0.15) is 10.4 Å². The number of amides is 1. The SMILES string of the molecule is CC(C)c1c(-c2cnn(C(C)(C)C)c2)nc2c(C#N)c[nH]n2c1=O.COc1cc(NC(=O)c2ccc3c(c2OC)C=CC(C)(C)O3)ccc1OCCC1CCCCN1. The number of H-pyrrole nitrogens is 1. The molecule has 2 aromatic carbocycles. The number of hydrogen-bond donors (Lipinski definition) is 3. The lowest BCUT2D eigenvalue weighted by atomic mass is 9.99. The molecule has 3 N–H and O–H groups in total. The largest absolute Gasteiger partial charge is 0.495 e. The minimum absolute atomic E-state index is 0.0104. The molecular weight excluding hydrogens is 737 g/mol. The second-order valence-electron chi connectivity index (χ2n) is 16.3. The lowest BCUT2D eigenvalue weighted by Gasteiger charge is -2.29. The van der Waals surface area contributed by atoms with Crippen LogP contribution in [0, 0.1) is 11.3 Å². The Balaban J connectivity index is 0.000000208. The number of aromatic nitrogens is 5. The Bertz CT molecular complexity index is 2400. The quantitative estimate of drug-likeness (QED) is 0.128. The van der Waals surface area contributed by atoms with E-state index in [0.717, 1.165) is 24.1 Å². The summed E-state index contributed by atoms with van der Waals surface area (Å²) < 4.78 is 26.2. The van der Waals surface area contributed by atoms with Gasteiger partial charge in [-0.25, -0.2) is 9.50 Å². The van der Waals surface area contributed by atoms with Crippen molar-refractivity contribution in [2.45, 2.75) is 97.2 Å². The molecular formula is C44H54N8O6. The van der Waals surface area contributed by atoms with Gasteiger partial charge < -0.3 is 29.6 Å². The maximum Gasteiger partial charge on any atom is 0.276 e. The molecule has 0 saturated carbocycles. The summed E-state index contributed by atoms with van der Waals surface area (Å²) in [7, 11) is 3.15. The molecule has 1 atom stereocenters. The fraction of sp³-hybridized carbons (Fsp3) is 0.432. The average Bonchev–Trinajstić information content (AvgIpc) is 3.86. The van der Waals surface area contributed by atoms with Gasteiger partial charge >= 0.3 is 0 Å². The third-order valence-electron chi connectivity index (χ3n) is 10.1. The number of hydrogen-bond acceptors (Lipinski definition) is 10. The van der Waals surface area contributed by atoms with Crippen molar-refractivity contribution in [1.29, 1.82) is 5.26 Å². The van der Waals surface area contributed by atoms with Gasteiger partial charge in [0.1, 0.15) is 28.7 Å². The molecule has 1 fully saturated rings. The monoisotopic (exact) mass is 790 g/mol. The minimum Gasteiger partial charge on any atom is -0.495 e. The van der Waals surface area contributed by atoms with Gasteiger partial charge in [0.05, 0.1) is 49.4 Å². The van der Waals surface area contributed by atoms with Gasteiger partial charge in [-0.15, -0.1) is 0 Å². The van der Waals surface area contributed by atoms with Crippen LogP contribution in [0.5, 0.6) is 23.0 Å². The first-order valence-electron chi connectivity index (χ1n) is 19.7. The number of nitrogens with zero attached hydrogens (tertiary/aromatic N) is 5. The van der Waals surface area contributed by atoms with Crippen molar-refractivity contribution in [3.63, 3.8) is 0 Å². The van der Waals surface area contributed by atoms with Crippen molar-refractivity contribution >= 4 is 23.3 Å². The van der Waals surface area contributed by atoms with Crippen LogP contribution < -0.4 is 35.1 Å². The summed E-state index contributed by atoms with van der Waals surface area (Å²) in [6.45, 7) is 15.7. The smallest absolute Gasteiger partial charge is 0.276 e. The van der Waals surface area contributed by atoms with Crippen LogP contribution in [0.1, 0.15) is 107 Å². The van der Waals surface area contributed by atoms with E-state index in [1.807, 2.05) is 62.9 Å². The number of carbonyl (C=O) groups excluding carboxylic acids is 1. The summed E-state index contributed by atoms with van der Waals surface area (Å²) in [5.74, 6) is 2.11. The third kappa shape index (κ3) is 9.05. The van der Waals surface area contributed by atoms with Crippen molar-refractivity contribution in [3.05, 3.63) is 87.6 Å². The Labute approximate surface area is 339 Å². The van der Waals surface area contributed by atoms with Crippen molar-refractivity contribution in [2.24, 2.45) is 0 Å². The van der Waals surface area contributed by atoms with Crippen LogP contribution in [0.4, 0.5) is 5.69 Å². The third-order valence-corrected chi connectivity index (χ3v) is 10.1. The number of methoxy groups -OCH3 is 2. The van der Waals surface area contributed by atoms with Gasteiger partial charge in [0.25, 0.3) is 11.5 Å². The molecule has 2 aliphatic rings. The number of nitrogens with one attached hydrogen (secondary N) is 3. The highest BCUT2D eigenvalue weighted by molar-refractivity contribution is 6.07. The molecule has 5 heterocycles. The lowest BCUT2D eigenvalue weighted by Crippen LogP contribution is -2.35. The van der Waals surface area contributed by atoms with Gasteiger partial charge in [-0.1, -0.05) is 20.3 Å². The molecule has 14 nitrogen and oxygen atoms in total. The number of rotatable bonds is 10. The van der Waals surface area contributed by atoms with E-state index >= 15 is 0 Å². The molecule has 5 aromatic rings. The van der Waals surface area contributed by atoms with Crippen molar-refractivity contribution < 1.29 is 23.7 Å². The van der Waals surface area contributed by atoms with Crippen LogP contribution in [-0.2, 0) is 5.54 Å². The molecule has 1 saturated heterocycles. The van der Waals surface area contributed by atoms with Crippen molar-refractivity contribution in [2.75, 3.05) is 32.7 Å². The first kappa shape index (κ1) is 41.6. The summed E-state index contributed by atoms with van der Waals surface area (Å²) >= 11 is 0. The lowest BCUT2D eigenvalue weighted by molar-refractivity contribution is 0.102. The highest BCUT2D eigenvalue weighted by atomic mass is 16.5. The molecule has 2 aliphatic heterocycles. The second-order valence-corrected chi connectivity index (χ2v) is 16.3. The number of piperidine rings is 1. The first-order valence-corrected chi connectivity index (χ1v) is 19.7. The second kappa shape index (κ2) is 17.2. The van der Waals surface area contributed by atoms with E-state index in [4.69, 9.17) is 18.9 Å². The number of carbonyl (C=O) groups is 1. The first-order chi connectivity index (χ1) is 27.6. The van der Waals surface area contributed by atoms with Crippen LogP contribution in [-0.4, -0.2) is 69.3 Å². The maximum absolute atomic E-state index is 13.1. The summed E-state index contributed by atoms with van der Waals surface area (Å²) in [5, 5.41) is 22.9. The minimum atomic E-state index is -0.408. The Hall–Kier alpha value is -6.07. The Morgan fingerprint density at radius 1 is 1.14 bits per heavy atom. The van der Waals surface area contributed by atoms with E-state index in [1.165, 1.54) is 30.0 Å². The zero-order valence-electron chi connectivity index (χ0n) is 34.9. The number of ether oxygens (including phenoxy) is 4. The van der Waals surface area contributed by atoms with Crippen LogP contribution >= 0.6 is 0 Å². The number of aromatic amines is 1. The highest BCUT2D eigenvalue weighted by Crippen LogP contribution is 2.39. The van der Waals surface area contributed by atoms with Crippen molar-refractivity contribution in [3.8, 4) is 40.3 Å². The van der Waals surface area contributed by atoms with E-state index < -0.39 is 5.60 Å². The number of nitriles is 1. The predicted octanol–water partition coefficient (Wildman–Crippen LogP) is 7.69. The molecule has 58 heavy (non-hydrogen) atoms. The average molecular weight is 791 g/mol. The van der Waals surface area contributed by atoms with Gasteiger partial charge in [-0.05, 0) is 103 Å². The fourth-order valence-corrected chi connectivity index (χ4v) is 7.04. The van der Waals surface area contributed by atoms with E-state index in [2.05, 4.69) is 52.7 Å². The molecule has 3 aromatic heterocycles. The summed E-state index contributed by atoms with van der Waals surface area (Å²) in [6.07, 6.45) is 13.7. The fourth-order valence-electron chi connectivity index (χ4n) is 7.04. The van der Waals surface area contributed by atoms with E-state index in [0.29, 0.717) is 69.4 Å². The van der Waals surface area contributed by atoms with Gasteiger partial charge in [-0.3, -0.25) is 19.4 Å². The number of benzene rings is 2. The maximum atomic E-state index is 13.1. The molecule has 0 bridgehead atoms. The molecule has 1 amide bonds. The number of fused-ring (bicyclic) bond motifs is 2. The molecule has 1 unspecified atom stereocenters. The van der Waals surface area contributed by atoms with Gasteiger partial charge in [0.15, 0.2) is 17.1 Å². The van der Waals surface area contributed by atoms with Crippen molar-refractivity contribution in [1.82, 2.24) is 29.7 Å². The summed E-state index contributed by atoms with van der Waals surface area (Å²) in [4.78, 5) is 30.6. The standard InChI is InChI=1S/C27H34N2O5.C17H20N6O/c1-27(2)14-12-20-22(34-27)11-9-21(25(20)32-4)26(30)29-19-8-10-23(24(17-19)31-3)33-16-13-18-7-5-6-15-28-18;1-10(2)13-14(12-8-19-22(9-12)17(3,4)5)21-15-11(6-18)7-20-23(15)16(13)24/h8-12,14,17-18,28H,5-7,13,15-16H2,1-4H3,(H,29,30);7-10,20H,1-5H3. The van der Waals surface area contributed by atoms with Crippen LogP contribution in [0.15, 0.2) is 59.8 Å². The molecule has 0 aliphatic carbocycles. The van der Waals surface area contributed by atoms with E-state index in [1.54, 1.807) is 38.6 Å². The van der Waals surface area contributed by atoms with Gasteiger partial charge in [0.2, 0.25) is 0 Å². The zero-order valence-corrected chi connectivity index (χ0v) is 34.9. The Morgan fingerprint density at radius 3 is 2.59 bits per heavy atom. The van der Waals surface area contributed by atoms with E-state index in [9.17, 15) is 14.9 Å². The summed E-state index contributed by atoms with van der Waals surface area (Å²) in [5.41, 5.74) is 3.67. The Morgan fingerprint density at radius 2 is 1.93 bits per heavy atom. The normalized spacial score (nSPS) is 15.8. The topological polar surface area (TPSA) is 170 Å². The van der Waals surface area contributed by atoms with Crippen LogP contribution in [0.2, 0.25) is 0 Å². The van der Waals surface area contributed by atoms with Crippen LogP contribution in [0.25, 0.3) is 23.0 Å². The summed E-state index contributed by atoms with van der Waals surface area (Å²) in [6, 6.07) is 11.5. The Kier molecular flexibility index (Phi) is 12.3. The van der Waals surface area contributed by atoms with Crippen LogP contribution in [0.3, 0.4) is 0 Å². The molecule has 0 spiro atoms. The highest BCUT2D eigenvalue weighted by Gasteiger charge is 2.27. The number of anilines is 1. The molecule has 0 radical (unpaired) electrons. The predicted molar refractivity (Wildman–Crippen MR) is 224 cm³/mol. The molecule has 14 heteroatoms. The zero-order chi connectivity index (χ0) is 41.8.